The van der Waals surface area contributed by atoms with Crippen LogP contribution in [0.25, 0.3) is 16.2 Å². The van der Waals surface area contributed by atoms with Crippen LogP contribution in [0.15, 0.2) is 30.3 Å². The minimum atomic E-state index is 0.400. The van der Waals surface area contributed by atoms with E-state index in [-0.39, 0.29) is 0 Å². The van der Waals surface area contributed by atoms with Crippen LogP contribution < -0.4 is 0 Å². The van der Waals surface area contributed by atoms with Crippen molar-refractivity contribution in [3.63, 3.8) is 0 Å². The van der Waals surface area contributed by atoms with Crippen molar-refractivity contribution in [3.05, 3.63) is 41.0 Å². The van der Waals surface area contributed by atoms with E-state index in [0.29, 0.717) is 5.92 Å². The van der Waals surface area contributed by atoms with Gasteiger partial charge in [-0.3, -0.25) is 0 Å². The molecule has 98 valence electrons. The van der Waals surface area contributed by atoms with Crippen LogP contribution in [0.4, 0.5) is 0 Å². The summed E-state index contributed by atoms with van der Waals surface area (Å²) in [6.07, 6.45) is 0.965. The smallest absolute Gasteiger partial charge is 0.212 e. The van der Waals surface area contributed by atoms with Gasteiger partial charge in [0.25, 0.3) is 0 Å². The monoisotopic (exact) mass is 271 g/mol. The maximum Gasteiger partial charge on any atom is 0.212 e. The van der Waals surface area contributed by atoms with E-state index in [9.17, 15) is 0 Å². The largest absolute Gasteiger partial charge is 0.217 e. The Kier molecular flexibility index (Phi) is 3.11. The molecule has 0 amide bonds. The van der Waals surface area contributed by atoms with Gasteiger partial charge in [-0.05, 0) is 12.3 Å². The van der Waals surface area contributed by atoms with Crippen molar-refractivity contribution in [1.82, 2.24) is 14.6 Å². The van der Waals surface area contributed by atoms with Gasteiger partial charge >= 0.3 is 0 Å². The molecule has 0 spiro atoms. The summed E-state index contributed by atoms with van der Waals surface area (Å²) in [7, 11) is 0. The predicted molar refractivity (Wildman–Crippen MR) is 79.8 cm³/mol. The molecule has 3 aromatic rings. The molecule has 0 aliphatic carbocycles. The lowest BCUT2D eigenvalue weighted by atomic mass is 10.0. The lowest BCUT2D eigenvalue weighted by Crippen LogP contribution is -1.98. The number of aryl methyl sites for hydroxylation is 1. The van der Waals surface area contributed by atoms with Crippen LogP contribution in [0, 0.1) is 0 Å². The van der Waals surface area contributed by atoms with Gasteiger partial charge in [-0.1, -0.05) is 62.4 Å². The molecule has 3 rings (SSSR count). The molecule has 0 saturated carbocycles. The molecule has 0 aliphatic rings. The lowest BCUT2D eigenvalue weighted by molar-refractivity contribution is 0.759. The van der Waals surface area contributed by atoms with Gasteiger partial charge in [-0.15, -0.1) is 0 Å². The molecule has 3 nitrogen and oxygen atoms in total. The number of rotatable bonds is 3. The number of hydrogen-bond acceptors (Lipinski definition) is 3. The molecule has 0 bridgehead atoms. The third-order valence-corrected chi connectivity index (χ3v) is 4.23. The first-order chi connectivity index (χ1) is 9.20. The lowest BCUT2D eigenvalue weighted by Gasteiger charge is -2.06. The van der Waals surface area contributed by atoms with Crippen molar-refractivity contribution in [1.29, 1.82) is 0 Å². The average molecular weight is 271 g/mol. The van der Waals surface area contributed by atoms with Crippen molar-refractivity contribution >= 4 is 16.3 Å². The molecule has 0 fully saturated rings. The Morgan fingerprint density at radius 3 is 2.58 bits per heavy atom. The Labute approximate surface area is 116 Å². The molecular formula is C15H17N3S. The van der Waals surface area contributed by atoms with Crippen molar-refractivity contribution in [2.45, 2.75) is 33.1 Å². The number of benzene rings is 1. The minimum absolute atomic E-state index is 0.400. The first-order valence-electron chi connectivity index (χ1n) is 6.64. The van der Waals surface area contributed by atoms with E-state index in [1.165, 1.54) is 11.3 Å². The Bertz CT molecular complexity index is 695. The van der Waals surface area contributed by atoms with Gasteiger partial charge in [0.05, 0.1) is 11.4 Å². The van der Waals surface area contributed by atoms with Crippen LogP contribution in [0.2, 0.25) is 0 Å². The van der Waals surface area contributed by atoms with Gasteiger partial charge < -0.3 is 0 Å². The molecule has 0 saturated heterocycles. The quantitative estimate of drug-likeness (QED) is 0.716. The van der Waals surface area contributed by atoms with E-state index in [0.717, 1.165) is 22.1 Å². The van der Waals surface area contributed by atoms with E-state index < -0.39 is 0 Å². The topological polar surface area (TPSA) is 30.2 Å². The molecule has 2 aromatic heterocycles. The zero-order chi connectivity index (χ0) is 13.4. The maximum atomic E-state index is 4.79. The van der Waals surface area contributed by atoms with Crippen LogP contribution >= 0.6 is 11.3 Å². The Balaban J connectivity index is 2.25. The second-order valence-electron chi connectivity index (χ2n) is 4.91. The fourth-order valence-corrected chi connectivity index (χ4v) is 3.11. The molecule has 2 heterocycles. The maximum absolute atomic E-state index is 4.79. The predicted octanol–water partition coefficient (Wildman–Crippen LogP) is 4.14. The second-order valence-corrected chi connectivity index (χ2v) is 5.95. The number of fused-ring (bicyclic) bond motifs is 1. The first-order valence-corrected chi connectivity index (χ1v) is 7.46. The molecule has 0 unspecified atom stereocenters. The summed E-state index contributed by atoms with van der Waals surface area (Å²) < 4.78 is 2.02. The van der Waals surface area contributed by atoms with E-state index in [1.54, 1.807) is 11.3 Å². The molecule has 0 aliphatic heterocycles. The highest BCUT2D eigenvalue weighted by molar-refractivity contribution is 7.16. The van der Waals surface area contributed by atoms with Gasteiger partial charge in [0.15, 0.2) is 0 Å². The summed E-state index contributed by atoms with van der Waals surface area (Å²) in [5.74, 6) is 0.400. The Hall–Kier alpha value is -1.68. The van der Waals surface area contributed by atoms with Crippen molar-refractivity contribution < 1.29 is 0 Å². The highest BCUT2D eigenvalue weighted by Crippen LogP contribution is 2.31. The zero-order valence-electron chi connectivity index (χ0n) is 11.4. The van der Waals surface area contributed by atoms with Crippen LogP contribution in [0.1, 0.15) is 37.4 Å². The van der Waals surface area contributed by atoms with Gasteiger partial charge in [0.1, 0.15) is 5.01 Å². The van der Waals surface area contributed by atoms with Crippen molar-refractivity contribution in [3.8, 4) is 11.3 Å². The van der Waals surface area contributed by atoms with Crippen molar-refractivity contribution in [2.24, 2.45) is 0 Å². The number of hydrogen-bond donors (Lipinski definition) is 0. The standard InChI is InChI=1S/C15H17N3S/c1-4-12-17-18-14(10(2)3)13(16-15(18)19-12)11-8-6-5-7-9-11/h5-10H,4H2,1-3H3. The Morgan fingerprint density at radius 2 is 1.95 bits per heavy atom. The molecule has 4 heteroatoms. The zero-order valence-corrected chi connectivity index (χ0v) is 12.2. The summed E-state index contributed by atoms with van der Waals surface area (Å²) in [6.45, 7) is 6.52. The third-order valence-electron chi connectivity index (χ3n) is 3.18. The molecular weight excluding hydrogens is 254 g/mol. The molecule has 0 radical (unpaired) electrons. The average Bonchev–Trinajstić information content (AvgIpc) is 2.95. The molecule has 0 N–H and O–H groups in total. The van der Waals surface area contributed by atoms with E-state index >= 15 is 0 Å². The third kappa shape index (κ3) is 2.06. The van der Waals surface area contributed by atoms with Crippen LogP contribution in [0.5, 0.6) is 0 Å². The van der Waals surface area contributed by atoms with Gasteiger partial charge in [0.2, 0.25) is 4.96 Å². The highest BCUT2D eigenvalue weighted by Gasteiger charge is 2.19. The van der Waals surface area contributed by atoms with Crippen LogP contribution in [-0.4, -0.2) is 14.6 Å². The highest BCUT2D eigenvalue weighted by atomic mass is 32.1. The summed E-state index contributed by atoms with van der Waals surface area (Å²) in [5, 5.41) is 5.81. The first kappa shape index (κ1) is 12.4. The summed E-state index contributed by atoms with van der Waals surface area (Å²) in [6, 6.07) is 10.4. The number of nitrogens with zero attached hydrogens (tertiary/aromatic N) is 3. The second kappa shape index (κ2) is 4.78. The fourth-order valence-electron chi connectivity index (χ4n) is 2.27. The van der Waals surface area contributed by atoms with E-state index in [4.69, 9.17) is 4.98 Å². The Morgan fingerprint density at radius 1 is 1.21 bits per heavy atom. The summed E-state index contributed by atoms with van der Waals surface area (Å²) >= 11 is 1.69. The van der Waals surface area contributed by atoms with Crippen LogP contribution in [0.3, 0.4) is 0 Å². The fraction of sp³-hybridized carbons (Fsp3) is 0.333. The minimum Gasteiger partial charge on any atom is -0.217 e. The van der Waals surface area contributed by atoms with Crippen molar-refractivity contribution in [2.75, 3.05) is 0 Å². The van der Waals surface area contributed by atoms with Gasteiger partial charge in [0, 0.05) is 5.56 Å². The normalized spacial score (nSPS) is 11.6. The van der Waals surface area contributed by atoms with Crippen LogP contribution in [-0.2, 0) is 6.42 Å². The number of imidazole rings is 1. The van der Waals surface area contributed by atoms with Gasteiger partial charge in [-0.2, -0.15) is 5.10 Å². The number of aromatic nitrogens is 3. The van der Waals surface area contributed by atoms with Gasteiger partial charge in [-0.25, -0.2) is 9.50 Å². The molecule has 19 heavy (non-hydrogen) atoms. The summed E-state index contributed by atoms with van der Waals surface area (Å²) in [4.78, 5) is 5.79. The molecule has 0 atom stereocenters. The molecule has 1 aromatic carbocycles. The van der Waals surface area contributed by atoms with E-state index in [1.807, 2.05) is 10.6 Å². The SMILES string of the molecule is CCc1nn2c(C(C)C)c(-c3ccccc3)nc2s1. The summed E-state index contributed by atoms with van der Waals surface area (Å²) in [5.41, 5.74) is 3.44. The van der Waals surface area contributed by atoms with E-state index in [2.05, 4.69) is 50.1 Å².